The van der Waals surface area contributed by atoms with Gasteiger partial charge in [-0.2, -0.15) is 0 Å². The van der Waals surface area contributed by atoms with Crippen LogP contribution in [0.1, 0.15) is 35.6 Å². The molecule has 1 saturated heterocycles. The molecule has 3 nitrogen and oxygen atoms in total. The van der Waals surface area contributed by atoms with Gasteiger partial charge in [0.2, 0.25) is 0 Å². The molecule has 0 saturated carbocycles. The molecule has 0 radical (unpaired) electrons. The summed E-state index contributed by atoms with van der Waals surface area (Å²) >= 11 is 0. The van der Waals surface area contributed by atoms with Crippen LogP contribution < -0.4 is 5.32 Å². The van der Waals surface area contributed by atoms with E-state index in [2.05, 4.69) is 53.6 Å². The van der Waals surface area contributed by atoms with Crippen molar-refractivity contribution in [1.29, 1.82) is 0 Å². The first-order chi connectivity index (χ1) is 10.3. The Balaban J connectivity index is 1.68. The SMILES string of the molecule is Cc1ccc([C@@H]2OCCC[C@H]2NCc2ccncc2)cc1. The van der Waals surface area contributed by atoms with Gasteiger partial charge in [-0.1, -0.05) is 29.8 Å². The Morgan fingerprint density at radius 2 is 1.90 bits per heavy atom. The molecule has 3 heteroatoms. The number of aromatic nitrogens is 1. The summed E-state index contributed by atoms with van der Waals surface area (Å²) in [5.41, 5.74) is 3.82. The minimum absolute atomic E-state index is 0.154. The van der Waals surface area contributed by atoms with Crippen molar-refractivity contribution < 1.29 is 4.74 Å². The number of hydrogen-bond donors (Lipinski definition) is 1. The maximum atomic E-state index is 6.03. The van der Waals surface area contributed by atoms with E-state index in [1.807, 2.05) is 12.4 Å². The summed E-state index contributed by atoms with van der Waals surface area (Å²) in [6, 6.07) is 13.2. The van der Waals surface area contributed by atoms with Crippen molar-refractivity contribution in [3.05, 3.63) is 65.5 Å². The zero-order chi connectivity index (χ0) is 14.5. The van der Waals surface area contributed by atoms with Crippen LogP contribution in [0.2, 0.25) is 0 Å². The van der Waals surface area contributed by atoms with Gasteiger partial charge in [-0.3, -0.25) is 4.98 Å². The molecule has 3 rings (SSSR count). The molecule has 0 spiro atoms. The Hall–Kier alpha value is -1.71. The molecule has 1 N–H and O–H groups in total. The number of pyridine rings is 1. The zero-order valence-electron chi connectivity index (χ0n) is 12.5. The summed E-state index contributed by atoms with van der Waals surface area (Å²) in [6.45, 7) is 3.83. The van der Waals surface area contributed by atoms with Crippen LogP contribution >= 0.6 is 0 Å². The Bertz CT molecular complexity index is 553. The van der Waals surface area contributed by atoms with Crippen LogP contribution in [-0.2, 0) is 11.3 Å². The molecular weight excluding hydrogens is 260 g/mol. The van der Waals surface area contributed by atoms with Crippen molar-refractivity contribution in [3.8, 4) is 0 Å². The smallest absolute Gasteiger partial charge is 0.0977 e. The van der Waals surface area contributed by atoms with E-state index in [4.69, 9.17) is 4.74 Å². The highest BCUT2D eigenvalue weighted by atomic mass is 16.5. The molecule has 1 fully saturated rings. The van der Waals surface area contributed by atoms with E-state index in [0.29, 0.717) is 6.04 Å². The molecule has 0 amide bonds. The van der Waals surface area contributed by atoms with Crippen LogP contribution in [0.25, 0.3) is 0 Å². The first-order valence-electron chi connectivity index (χ1n) is 7.63. The minimum atomic E-state index is 0.154. The van der Waals surface area contributed by atoms with Crippen LogP contribution in [-0.4, -0.2) is 17.6 Å². The van der Waals surface area contributed by atoms with E-state index < -0.39 is 0 Å². The van der Waals surface area contributed by atoms with Crippen molar-refractivity contribution >= 4 is 0 Å². The van der Waals surface area contributed by atoms with Gasteiger partial charge in [0.05, 0.1) is 6.10 Å². The van der Waals surface area contributed by atoms with Gasteiger partial charge >= 0.3 is 0 Å². The number of rotatable bonds is 4. The van der Waals surface area contributed by atoms with Gasteiger partial charge in [0, 0.05) is 31.6 Å². The van der Waals surface area contributed by atoms with Crippen molar-refractivity contribution in [2.24, 2.45) is 0 Å². The van der Waals surface area contributed by atoms with Gasteiger partial charge in [0.15, 0.2) is 0 Å². The fraction of sp³-hybridized carbons (Fsp3) is 0.389. The highest BCUT2D eigenvalue weighted by molar-refractivity contribution is 5.24. The summed E-state index contributed by atoms with van der Waals surface area (Å²) in [5, 5.41) is 3.65. The van der Waals surface area contributed by atoms with Crippen LogP contribution in [0.4, 0.5) is 0 Å². The number of nitrogens with one attached hydrogen (secondary N) is 1. The lowest BCUT2D eigenvalue weighted by Crippen LogP contribution is -2.39. The summed E-state index contributed by atoms with van der Waals surface area (Å²) in [6.07, 6.45) is 6.11. The summed E-state index contributed by atoms with van der Waals surface area (Å²) in [5.74, 6) is 0. The van der Waals surface area contributed by atoms with Gasteiger partial charge in [0.25, 0.3) is 0 Å². The van der Waals surface area contributed by atoms with Crippen molar-refractivity contribution in [2.45, 2.75) is 38.5 Å². The lowest BCUT2D eigenvalue weighted by Gasteiger charge is -2.33. The molecule has 2 heterocycles. The average Bonchev–Trinajstić information content (AvgIpc) is 2.55. The maximum Gasteiger partial charge on any atom is 0.0977 e. The highest BCUT2D eigenvalue weighted by Gasteiger charge is 2.26. The van der Waals surface area contributed by atoms with E-state index in [-0.39, 0.29) is 6.10 Å². The third kappa shape index (κ3) is 3.69. The number of benzene rings is 1. The zero-order valence-corrected chi connectivity index (χ0v) is 12.5. The Labute approximate surface area is 126 Å². The van der Waals surface area contributed by atoms with Crippen molar-refractivity contribution in [2.75, 3.05) is 6.61 Å². The number of aryl methyl sites for hydroxylation is 1. The molecule has 0 unspecified atom stereocenters. The van der Waals surface area contributed by atoms with Crippen LogP contribution in [0.5, 0.6) is 0 Å². The van der Waals surface area contributed by atoms with Crippen LogP contribution in [0.15, 0.2) is 48.8 Å². The number of hydrogen-bond acceptors (Lipinski definition) is 3. The van der Waals surface area contributed by atoms with E-state index in [1.165, 1.54) is 16.7 Å². The topological polar surface area (TPSA) is 34.1 Å². The van der Waals surface area contributed by atoms with Gasteiger partial charge < -0.3 is 10.1 Å². The summed E-state index contributed by atoms with van der Waals surface area (Å²) in [4.78, 5) is 4.06. The third-order valence-corrected chi connectivity index (χ3v) is 4.05. The normalized spacial score (nSPS) is 22.1. The fourth-order valence-electron chi connectivity index (χ4n) is 2.82. The average molecular weight is 282 g/mol. The van der Waals surface area contributed by atoms with E-state index in [9.17, 15) is 0 Å². The second-order valence-corrected chi connectivity index (χ2v) is 5.69. The predicted molar refractivity (Wildman–Crippen MR) is 84.0 cm³/mol. The predicted octanol–water partition coefficient (Wildman–Crippen LogP) is 3.40. The molecule has 2 atom stereocenters. The van der Waals surface area contributed by atoms with Crippen molar-refractivity contribution in [1.82, 2.24) is 10.3 Å². The largest absolute Gasteiger partial charge is 0.372 e. The molecule has 110 valence electrons. The minimum Gasteiger partial charge on any atom is -0.372 e. The monoisotopic (exact) mass is 282 g/mol. The van der Waals surface area contributed by atoms with Crippen LogP contribution in [0, 0.1) is 6.92 Å². The number of ether oxygens (including phenoxy) is 1. The first kappa shape index (κ1) is 14.2. The fourth-order valence-corrected chi connectivity index (χ4v) is 2.82. The Morgan fingerprint density at radius 3 is 2.67 bits per heavy atom. The summed E-state index contributed by atoms with van der Waals surface area (Å²) in [7, 11) is 0. The quantitative estimate of drug-likeness (QED) is 0.933. The molecule has 0 bridgehead atoms. The second kappa shape index (κ2) is 6.83. The van der Waals surface area contributed by atoms with E-state index in [0.717, 1.165) is 26.0 Å². The molecule has 1 aliphatic heterocycles. The molecule has 21 heavy (non-hydrogen) atoms. The number of nitrogens with zero attached hydrogens (tertiary/aromatic N) is 1. The molecule has 1 aliphatic rings. The van der Waals surface area contributed by atoms with Crippen molar-refractivity contribution in [3.63, 3.8) is 0 Å². The van der Waals surface area contributed by atoms with Gasteiger partial charge in [0.1, 0.15) is 0 Å². The van der Waals surface area contributed by atoms with Gasteiger partial charge in [-0.25, -0.2) is 0 Å². The Morgan fingerprint density at radius 1 is 1.14 bits per heavy atom. The molecular formula is C18H22N2O. The van der Waals surface area contributed by atoms with E-state index in [1.54, 1.807) is 0 Å². The maximum absolute atomic E-state index is 6.03. The molecule has 2 aromatic rings. The second-order valence-electron chi connectivity index (χ2n) is 5.69. The van der Waals surface area contributed by atoms with E-state index >= 15 is 0 Å². The lowest BCUT2D eigenvalue weighted by atomic mass is 9.95. The first-order valence-corrected chi connectivity index (χ1v) is 7.63. The van der Waals surface area contributed by atoms with Gasteiger partial charge in [-0.05, 0) is 43.0 Å². The van der Waals surface area contributed by atoms with Crippen LogP contribution in [0.3, 0.4) is 0 Å². The molecule has 0 aliphatic carbocycles. The Kier molecular flexibility index (Phi) is 4.63. The molecule has 1 aromatic carbocycles. The summed E-state index contributed by atoms with van der Waals surface area (Å²) < 4.78 is 6.03. The molecule has 1 aromatic heterocycles. The lowest BCUT2D eigenvalue weighted by molar-refractivity contribution is -0.0112. The van der Waals surface area contributed by atoms with Gasteiger partial charge in [-0.15, -0.1) is 0 Å². The standard InChI is InChI=1S/C18H22N2O/c1-14-4-6-16(7-5-14)18-17(3-2-12-21-18)20-13-15-8-10-19-11-9-15/h4-11,17-18,20H,2-3,12-13H2,1H3/t17-,18+/m1/s1. The highest BCUT2D eigenvalue weighted by Crippen LogP contribution is 2.28. The third-order valence-electron chi connectivity index (χ3n) is 4.05.